The first-order valence-electron chi connectivity index (χ1n) is 8.43. The molecule has 0 fully saturated rings. The van der Waals surface area contributed by atoms with E-state index in [1.807, 2.05) is 0 Å². The third-order valence-electron chi connectivity index (χ3n) is 5.38. The Morgan fingerprint density at radius 2 is 1.74 bits per heavy atom. The van der Waals surface area contributed by atoms with Gasteiger partial charge >= 0.3 is 0 Å². The Kier molecular flexibility index (Phi) is 3.19. The summed E-state index contributed by atoms with van der Waals surface area (Å²) < 4.78 is 0. The number of fused-ring (bicyclic) bond motifs is 3. The van der Waals surface area contributed by atoms with Crippen LogP contribution in [0.2, 0.25) is 0 Å². The molecule has 23 heavy (non-hydrogen) atoms. The lowest BCUT2D eigenvalue weighted by Gasteiger charge is -2.27. The molecule has 2 aromatic rings. The van der Waals surface area contributed by atoms with Crippen LogP contribution in [0, 0.1) is 0 Å². The van der Waals surface area contributed by atoms with E-state index in [-0.39, 0.29) is 5.41 Å². The van der Waals surface area contributed by atoms with Crippen LogP contribution in [0.3, 0.4) is 0 Å². The molecule has 4 rings (SSSR count). The van der Waals surface area contributed by atoms with Gasteiger partial charge in [0.2, 0.25) is 0 Å². The van der Waals surface area contributed by atoms with E-state index >= 15 is 0 Å². The smallest absolute Gasteiger partial charge is 0.0409 e. The van der Waals surface area contributed by atoms with E-state index in [2.05, 4.69) is 86.5 Å². The van der Waals surface area contributed by atoms with E-state index in [0.29, 0.717) is 0 Å². The summed E-state index contributed by atoms with van der Waals surface area (Å²) >= 11 is 0. The Labute approximate surface area is 139 Å². The maximum atomic E-state index is 2.38. The van der Waals surface area contributed by atoms with Gasteiger partial charge in [0.15, 0.2) is 0 Å². The quantitative estimate of drug-likeness (QED) is 0.691. The molecule has 0 bridgehead atoms. The fourth-order valence-electron chi connectivity index (χ4n) is 3.94. The molecule has 0 aliphatic heterocycles. The van der Waals surface area contributed by atoms with Gasteiger partial charge in [-0.1, -0.05) is 56.3 Å². The van der Waals surface area contributed by atoms with Crippen molar-refractivity contribution >= 4 is 5.69 Å². The van der Waals surface area contributed by atoms with Crippen LogP contribution in [0.4, 0.5) is 5.69 Å². The van der Waals surface area contributed by atoms with Crippen LogP contribution in [0.25, 0.3) is 11.1 Å². The highest BCUT2D eigenvalue weighted by Crippen LogP contribution is 2.49. The van der Waals surface area contributed by atoms with Crippen molar-refractivity contribution in [2.45, 2.75) is 32.1 Å². The maximum Gasteiger partial charge on any atom is 0.0409 e. The van der Waals surface area contributed by atoms with Crippen LogP contribution >= 0.6 is 0 Å². The van der Waals surface area contributed by atoms with Crippen LogP contribution in [0.1, 0.15) is 37.8 Å². The third-order valence-corrected chi connectivity index (χ3v) is 5.38. The van der Waals surface area contributed by atoms with Crippen molar-refractivity contribution in [3.05, 3.63) is 77.5 Å². The lowest BCUT2D eigenvalue weighted by atomic mass is 9.82. The Balaban J connectivity index is 1.80. The fraction of sp³-hybridized carbons (Fsp3) is 0.273. The van der Waals surface area contributed by atoms with Gasteiger partial charge in [-0.15, -0.1) is 0 Å². The van der Waals surface area contributed by atoms with Crippen molar-refractivity contribution in [1.29, 1.82) is 0 Å². The molecule has 1 heteroatoms. The molecule has 0 radical (unpaired) electrons. The number of allylic oxidation sites excluding steroid dienone is 4. The minimum absolute atomic E-state index is 0.0730. The predicted molar refractivity (Wildman–Crippen MR) is 98.9 cm³/mol. The normalized spacial score (nSPS) is 17.4. The molecular formula is C22H23N. The molecule has 0 heterocycles. The van der Waals surface area contributed by atoms with Crippen LogP contribution in [-0.4, -0.2) is 7.05 Å². The van der Waals surface area contributed by atoms with E-state index in [0.717, 1.165) is 12.8 Å². The van der Waals surface area contributed by atoms with Crippen molar-refractivity contribution < 1.29 is 0 Å². The first-order chi connectivity index (χ1) is 11.1. The largest absolute Gasteiger partial charge is 0.348 e. The molecule has 0 N–H and O–H groups in total. The second kappa shape index (κ2) is 5.13. The van der Waals surface area contributed by atoms with E-state index in [1.54, 1.807) is 0 Å². The molecule has 1 nitrogen and oxygen atoms in total. The minimum atomic E-state index is 0.0730. The van der Waals surface area contributed by atoms with Gasteiger partial charge in [0.05, 0.1) is 0 Å². The lowest BCUT2D eigenvalue weighted by molar-refractivity contribution is 0.660. The van der Waals surface area contributed by atoms with Crippen molar-refractivity contribution in [3.8, 4) is 11.1 Å². The highest BCUT2D eigenvalue weighted by molar-refractivity contribution is 5.82. The molecule has 2 aliphatic carbocycles. The summed E-state index contributed by atoms with van der Waals surface area (Å²) in [5.41, 5.74) is 8.40. The van der Waals surface area contributed by atoms with Crippen LogP contribution in [0.15, 0.2) is 66.4 Å². The highest BCUT2D eigenvalue weighted by atomic mass is 15.1. The summed E-state index contributed by atoms with van der Waals surface area (Å²) in [5.74, 6) is 0. The summed E-state index contributed by atoms with van der Waals surface area (Å²) in [6, 6.07) is 15.8. The zero-order valence-electron chi connectivity index (χ0n) is 14.1. The maximum absolute atomic E-state index is 2.38. The first-order valence-corrected chi connectivity index (χ1v) is 8.43. The first kappa shape index (κ1) is 14.3. The van der Waals surface area contributed by atoms with Gasteiger partial charge in [0.1, 0.15) is 0 Å². The molecule has 2 aliphatic rings. The lowest BCUT2D eigenvalue weighted by Crippen LogP contribution is -2.19. The van der Waals surface area contributed by atoms with E-state index in [9.17, 15) is 0 Å². The van der Waals surface area contributed by atoms with Gasteiger partial charge in [-0.25, -0.2) is 0 Å². The molecule has 116 valence electrons. The summed E-state index contributed by atoms with van der Waals surface area (Å²) in [5, 5.41) is 0. The second-order valence-corrected chi connectivity index (χ2v) is 7.08. The zero-order valence-corrected chi connectivity index (χ0v) is 14.1. The van der Waals surface area contributed by atoms with Gasteiger partial charge in [-0.3, -0.25) is 0 Å². The Bertz CT molecular complexity index is 824. The topological polar surface area (TPSA) is 3.24 Å². The Hall–Kier alpha value is -2.28. The predicted octanol–water partition coefficient (Wildman–Crippen LogP) is 5.66. The molecule has 0 saturated carbocycles. The Morgan fingerprint density at radius 1 is 0.957 bits per heavy atom. The highest BCUT2D eigenvalue weighted by Gasteiger charge is 2.35. The number of rotatable bonds is 2. The molecule has 0 amide bonds. The number of hydrogen-bond acceptors (Lipinski definition) is 1. The summed E-state index contributed by atoms with van der Waals surface area (Å²) in [6.45, 7) is 4.67. The number of anilines is 1. The van der Waals surface area contributed by atoms with Gasteiger partial charge in [0.25, 0.3) is 0 Å². The zero-order chi connectivity index (χ0) is 16.0. The van der Waals surface area contributed by atoms with Crippen molar-refractivity contribution in [2.24, 2.45) is 0 Å². The van der Waals surface area contributed by atoms with Crippen molar-refractivity contribution in [3.63, 3.8) is 0 Å². The summed E-state index contributed by atoms with van der Waals surface area (Å²) in [7, 11) is 2.18. The molecule has 0 spiro atoms. The number of nitrogens with zero attached hydrogens (tertiary/aromatic N) is 1. The number of benzene rings is 2. The molecular weight excluding hydrogens is 278 g/mol. The molecule has 0 unspecified atom stereocenters. The van der Waals surface area contributed by atoms with Gasteiger partial charge in [-0.05, 0) is 53.3 Å². The summed E-state index contributed by atoms with van der Waals surface area (Å²) in [6.07, 6.45) is 8.89. The average Bonchev–Trinajstić information content (AvgIpc) is 2.83. The van der Waals surface area contributed by atoms with E-state index < -0.39 is 0 Å². The van der Waals surface area contributed by atoms with E-state index in [1.165, 1.54) is 33.6 Å². The van der Waals surface area contributed by atoms with Crippen LogP contribution < -0.4 is 4.90 Å². The average molecular weight is 301 g/mol. The van der Waals surface area contributed by atoms with Crippen LogP contribution in [-0.2, 0) is 5.41 Å². The second-order valence-electron chi connectivity index (χ2n) is 7.08. The minimum Gasteiger partial charge on any atom is -0.348 e. The fourth-order valence-corrected chi connectivity index (χ4v) is 3.94. The molecule has 0 aromatic heterocycles. The SMILES string of the molecule is CN(C1=CC=CCC1)c1ccc2c(c1)C(C)(C)c1ccccc1-2. The van der Waals surface area contributed by atoms with E-state index in [4.69, 9.17) is 0 Å². The van der Waals surface area contributed by atoms with Gasteiger partial charge in [-0.2, -0.15) is 0 Å². The van der Waals surface area contributed by atoms with Crippen molar-refractivity contribution in [2.75, 3.05) is 11.9 Å². The molecule has 0 atom stereocenters. The van der Waals surface area contributed by atoms with Gasteiger partial charge in [0, 0.05) is 23.8 Å². The third kappa shape index (κ3) is 2.15. The standard InChI is InChI=1S/C22H23N/c1-22(2)20-12-8-7-11-18(20)19-14-13-17(15-21(19)22)23(3)16-9-5-4-6-10-16/h4-5,7-9,11-15H,6,10H2,1-3H3. The summed E-state index contributed by atoms with van der Waals surface area (Å²) in [4.78, 5) is 2.34. The number of hydrogen-bond donors (Lipinski definition) is 0. The molecule has 2 aromatic carbocycles. The Morgan fingerprint density at radius 3 is 2.52 bits per heavy atom. The van der Waals surface area contributed by atoms with Crippen LogP contribution in [0.5, 0.6) is 0 Å². The molecule has 0 saturated heterocycles. The monoisotopic (exact) mass is 301 g/mol. The van der Waals surface area contributed by atoms with Gasteiger partial charge < -0.3 is 4.90 Å². The van der Waals surface area contributed by atoms with Crippen molar-refractivity contribution in [1.82, 2.24) is 0 Å².